The van der Waals surface area contributed by atoms with E-state index in [1.165, 1.54) is 23.5 Å². The summed E-state index contributed by atoms with van der Waals surface area (Å²) in [6.07, 6.45) is -1.76. The summed E-state index contributed by atoms with van der Waals surface area (Å²) in [6.45, 7) is 2.73. The van der Waals surface area contributed by atoms with E-state index in [1.807, 2.05) is 12.3 Å². The first-order valence-corrected chi connectivity index (χ1v) is 7.20. The van der Waals surface area contributed by atoms with E-state index >= 15 is 0 Å². The molecule has 2 rings (SSSR count). The lowest BCUT2D eigenvalue weighted by Gasteiger charge is -2.18. The molecule has 0 spiro atoms. The molecule has 1 atom stereocenters. The number of hydrogen-bond donors (Lipinski definition) is 1. The number of rotatable bonds is 5. The van der Waals surface area contributed by atoms with Crippen LogP contribution in [0.15, 0.2) is 35.8 Å². The zero-order valence-corrected chi connectivity index (χ0v) is 11.8. The van der Waals surface area contributed by atoms with E-state index < -0.39 is 11.7 Å². The second-order valence-electron chi connectivity index (χ2n) is 4.38. The molecule has 0 fully saturated rings. The topological polar surface area (TPSA) is 24.9 Å². The fourth-order valence-electron chi connectivity index (χ4n) is 1.91. The summed E-state index contributed by atoms with van der Waals surface area (Å²) in [5.41, 5.74) is -0.0434. The molecule has 6 heteroatoms. The minimum absolute atomic E-state index is 0.294. The van der Waals surface area contributed by atoms with Crippen molar-refractivity contribution < 1.29 is 13.2 Å². The number of nitrogens with zero attached hydrogens (tertiary/aromatic N) is 1. The quantitative estimate of drug-likeness (QED) is 0.893. The summed E-state index contributed by atoms with van der Waals surface area (Å²) in [6, 6.07) is 5.12. The largest absolute Gasteiger partial charge is 0.416 e. The second kappa shape index (κ2) is 6.37. The van der Waals surface area contributed by atoms with E-state index in [-0.39, 0.29) is 6.04 Å². The number of hydrogen-bond acceptors (Lipinski definition) is 3. The number of thiazole rings is 1. The van der Waals surface area contributed by atoms with Crippen molar-refractivity contribution in [2.45, 2.75) is 25.6 Å². The molecule has 1 aromatic carbocycles. The maximum Gasteiger partial charge on any atom is 0.416 e. The highest BCUT2D eigenvalue weighted by Gasteiger charge is 2.31. The lowest BCUT2D eigenvalue weighted by molar-refractivity contribution is -0.137. The van der Waals surface area contributed by atoms with Crippen LogP contribution in [0.1, 0.15) is 35.5 Å². The summed E-state index contributed by atoms with van der Waals surface area (Å²) in [4.78, 5) is 4.21. The Balaban J connectivity index is 2.34. The minimum atomic E-state index is -4.33. The van der Waals surface area contributed by atoms with Gasteiger partial charge in [0.15, 0.2) is 0 Å². The second-order valence-corrected chi connectivity index (χ2v) is 5.31. The highest BCUT2D eigenvalue weighted by atomic mass is 32.1. The summed E-state index contributed by atoms with van der Waals surface area (Å²) in [7, 11) is 0. The van der Waals surface area contributed by atoms with Crippen LogP contribution in [-0.2, 0) is 6.18 Å². The third-order valence-electron chi connectivity index (χ3n) is 2.84. The molecule has 1 heterocycles. The van der Waals surface area contributed by atoms with Gasteiger partial charge in [-0.3, -0.25) is 0 Å². The molecule has 0 aliphatic heterocycles. The summed E-state index contributed by atoms with van der Waals surface area (Å²) < 4.78 is 38.4. The molecule has 0 amide bonds. The van der Waals surface area contributed by atoms with Gasteiger partial charge in [0.1, 0.15) is 5.01 Å². The average molecular weight is 300 g/mol. The van der Waals surface area contributed by atoms with E-state index in [1.54, 1.807) is 12.3 Å². The molecule has 20 heavy (non-hydrogen) atoms. The van der Waals surface area contributed by atoms with Gasteiger partial charge in [0.05, 0.1) is 11.6 Å². The van der Waals surface area contributed by atoms with Gasteiger partial charge in [-0.2, -0.15) is 13.2 Å². The molecule has 1 unspecified atom stereocenters. The SMILES string of the molecule is CCCNC(c1cccc(C(F)(F)F)c1)c1nccs1. The van der Waals surface area contributed by atoms with E-state index in [2.05, 4.69) is 10.3 Å². The molecule has 0 bridgehead atoms. The molecule has 0 radical (unpaired) electrons. The molecule has 108 valence electrons. The zero-order chi connectivity index (χ0) is 14.6. The Bertz CT molecular complexity index is 538. The zero-order valence-electron chi connectivity index (χ0n) is 10.9. The van der Waals surface area contributed by atoms with Crippen LogP contribution in [0.4, 0.5) is 13.2 Å². The van der Waals surface area contributed by atoms with Crippen molar-refractivity contribution in [2.75, 3.05) is 6.54 Å². The third-order valence-corrected chi connectivity index (χ3v) is 3.68. The van der Waals surface area contributed by atoms with Crippen LogP contribution in [-0.4, -0.2) is 11.5 Å². The van der Waals surface area contributed by atoms with Crippen molar-refractivity contribution >= 4 is 11.3 Å². The van der Waals surface area contributed by atoms with Crippen molar-refractivity contribution in [2.24, 2.45) is 0 Å². The van der Waals surface area contributed by atoms with Crippen LogP contribution >= 0.6 is 11.3 Å². The van der Waals surface area contributed by atoms with Gasteiger partial charge in [-0.05, 0) is 30.7 Å². The lowest BCUT2D eigenvalue weighted by Crippen LogP contribution is -2.23. The summed E-state index contributed by atoms with van der Waals surface area (Å²) in [5, 5.41) is 5.85. The van der Waals surface area contributed by atoms with Crippen LogP contribution < -0.4 is 5.32 Å². The molecule has 2 nitrogen and oxygen atoms in total. The van der Waals surface area contributed by atoms with E-state index in [0.717, 1.165) is 24.0 Å². The van der Waals surface area contributed by atoms with Crippen molar-refractivity contribution in [3.05, 3.63) is 52.0 Å². The fourth-order valence-corrected chi connectivity index (χ4v) is 2.65. The first kappa shape index (κ1) is 15.0. The lowest BCUT2D eigenvalue weighted by atomic mass is 10.0. The van der Waals surface area contributed by atoms with E-state index in [0.29, 0.717) is 5.56 Å². The number of alkyl halides is 3. The number of nitrogens with one attached hydrogen (secondary N) is 1. The Morgan fingerprint density at radius 1 is 1.35 bits per heavy atom. The van der Waals surface area contributed by atoms with Crippen LogP contribution in [0.3, 0.4) is 0 Å². The van der Waals surface area contributed by atoms with Gasteiger partial charge in [0.2, 0.25) is 0 Å². The molecule has 1 N–H and O–H groups in total. The van der Waals surface area contributed by atoms with Gasteiger partial charge in [0.25, 0.3) is 0 Å². The van der Waals surface area contributed by atoms with Gasteiger partial charge in [0, 0.05) is 11.6 Å². The maximum absolute atomic E-state index is 12.8. The molecule has 0 saturated heterocycles. The van der Waals surface area contributed by atoms with Gasteiger partial charge in [-0.1, -0.05) is 19.1 Å². The minimum Gasteiger partial charge on any atom is -0.304 e. The van der Waals surface area contributed by atoms with Crippen molar-refractivity contribution in [3.63, 3.8) is 0 Å². The normalized spacial score (nSPS) is 13.4. The fraction of sp³-hybridized carbons (Fsp3) is 0.357. The van der Waals surface area contributed by atoms with Crippen molar-refractivity contribution in [1.82, 2.24) is 10.3 Å². The standard InChI is InChI=1S/C14H15F3N2S/c1-2-6-18-12(13-19-7-8-20-13)10-4-3-5-11(9-10)14(15,16)17/h3-5,7-9,12,18H,2,6H2,1H3. The first-order chi connectivity index (χ1) is 9.52. The maximum atomic E-state index is 12.8. The number of aromatic nitrogens is 1. The smallest absolute Gasteiger partial charge is 0.304 e. The van der Waals surface area contributed by atoms with Crippen molar-refractivity contribution in [1.29, 1.82) is 0 Å². The van der Waals surface area contributed by atoms with Gasteiger partial charge < -0.3 is 5.32 Å². The first-order valence-electron chi connectivity index (χ1n) is 6.32. The number of benzene rings is 1. The monoisotopic (exact) mass is 300 g/mol. The predicted octanol–water partition coefficient (Wildman–Crippen LogP) is 4.25. The molecule has 2 aromatic rings. The van der Waals surface area contributed by atoms with Crippen LogP contribution in [0.5, 0.6) is 0 Å². The molecule has 0 aliphatic rings. The summed E-state index contributed by atoms with van der Waals surface area (Å²) >= 11 is 1.43. The molecular formula is C14H15F3N2S. The van der Waals surface area contributed by atoms with Crippen LogP contribution in [0, 0.1) is 0 Å². The van der Waals surface area contributed by atoms with E-state index in [4.69, 9.17) is 0 Å². The van der Waals surface area contributed by atoms with Gasteiger partial charge in [-0.15, -0.1) is 11.3 Å². The van der Waals surface area contributed by atoms with Crippen LogP contribution in [0.25, 0.3) is 0 Å². The van der Waals surface area contributed by atoms with Gasteiger partial charge in [-0.25, -0.2) is 4.98 Å². The van der Waals surface area contributed by atoms with Crippen molar-refractivity contribution in [3.8, 4) is 0 Å². The van der Waals surface area contributed by atoms with E-state index in [9.17, 15) is 13.2 Å². The van der Waals surface area contributed by atoms with Crippen LogP contribution in [0.2, 0.25) is 0 Å². The predicted molar refractivity (Wildman–Crippen MR) is 73.7 cm³/mol. The Morgan fingerprint density at radius 2 is 2.15 bits per heavy atom. The Labute approximate surface area is 119 Å². The summed E-state index contributed by atoms with van der Waals surface area (Å²) in [5.74, 6) is 0. The van der Waals surface area contributed by atoms with Gasteiger partial charge >= 0.3 is 6.18 Å². The highest BCUT2D eigenvalue weighted by Crippen LogP contribution is 2.32. The number of halogens is 3. The Morgan fingerprint density at radius 3 is 2.75 bits per heavy atom. The molecular weight excluding hydrogens is 285 g/mol. The third kappa shape index (κ3) is 3.58. The Hall–Kier alpha value is -1.40. The molecule has 0 saturated carbocycles. The Kier molecular flexibility index (Phi) is 4.77. The average Bonchev–Trinajstić information content (AvgIpc) is 2.92. The highest BCUT2D eigenvalue weighted by molar-refractivity contribution is 7.09. The molecule has 0 aliphatic carbocycles. The molecule has 1 aromatic heterocycles.